The molecule has 7 heteroatoms. The molecule has 0 radical (unpaired) electrons. The molecule has 1 aromatic carbocycles. The van der Waals surface area contributed by atoms with E-state index >= 15 is 0 Å². The van der Waals surface area contributed by atoms with E-state index in [0.717, 1.165) is 61.5 Å². The monoisotopic (exact) mass is 652 g/mol. The van der Waals surface area contributed by atoms with Crippen molar-refractivity contribution in [2.45, 2.75) is 104 Å². The maximum Gasteiger partial charge on any atom is 0.338 e. The van der Waals surface area contributed by atoms with Crippen molar-refractivity contribution < 1.29 is 18.5 Å². The van der Waals surface area contributed by atoms with Gasteiger partial charge in [0.1, 0.15) is 5.82 Å². The maximum atomic E-state index is 14.7. The number of carboxylic acids is 1. The van der Waals surface area contributed by atoms with E-state index in [9.17, 15) is 18.5 Å². The normalized spacial score (nSPS) is 42.8. The summed E-state index contributed by atoms with van der Waals surface area (Å²) in [4.78, 5) is 13.9. The molecule has 5 nitrogen and oxygen atoms in total. The van der Waals surface area contributed by atoms with E-state index in [1.807, 2.05) is 6.07 Å². The third-order valence-electron chi connectivity index (χ3n) is 15.5. The fourth-order valence-electron chi connectivity index (χ4n) is 12.9. The molecule has 254 valence electrons. The predicted molar refractivity (Wildman–Crippen MR) is 185 cm³/mol. The van der Waals surface area contributed by atoms with E-state index in [1.54, 1.807) is 0 Å². The Morgan fingerprint density at radius 1 is 1.00 bits per heavy atom. The van der Waals surface area contributed by atoms with Gasteiger partial charge in [0.25, 0.3) is 0 Å². The van der Waals surface area contributed by atoms with Crippen LogP contribution in [-0.2, 0) is 10.8 Å². The Morgan fingerprint density at radius 2 is 1.78 bits per heavy atom. The van der Waals surface area contributed by atoms with Gasteiger partial charge in [-0.2, -0.15) is 0 Å². The number of halogens is 1. The first-order valence-corrected chi connectivity index (χ1v) is 20.0. The highest BCUT2D eigenvalue weighted by Crippen LogP contribution is 2.75. The van der Waals surface area contributed by atoms with Crippen molar-refractivity contribution in [2.75, 3.05) is 37.7 Å². The van der Waals surface area contributed by atoms with Gasteiger partial charge < -0.3 is 15.3 Å². The molecule has 0 spiro atoms. The molecule has 5 fully saturated rings. The van der Waals surface area contributed by atoms with Crippen LogP contribution in [0.2, 0.25) is 0 Å². The van der Waals surface area contributed by atoms with Crippen LogP contribution in [0.15, 0.2) is 24.3 Å². The number of rotatable bonds is 7. The summed E-state index contributed by atoms with van der Waals surface area (Å²) in [6.45, 7) is 14.6. The van der Waals surface area contributed by atoms with Crippen molar-refractivity contribution in [3.8, 4) is 0 Å². The smallest absolute Gasteiger partial charge is 0.338 e. The first-order chi connectivity index (χ1) is 21.9. The summed E-state index contributed by atoms with van der Waals surface area (Å²) < 4.78 is 26.5. The van der Waals surface area contributed by atoms with Crippen LogP contribution >= 0.6 is 0 Å². The summed E-state index contributed by atoms with van der Waals surface area (Å²) in [6.07, 6.45) is 16.5. The fraction of sp³-hybridized carbons (Fsp3) is 0.769. The lowest BCUT2D eigenvalue weighted by atomic mass is 9.34. The molecule has 7 rings (SSSR count). The van der Waals surface area contributed by atoms with Crippen LogP contribution in [0.1, 0.15) is 114 Å². The van der Waals surface area contributed by atoms with E-state index in [0.29, 0.717) is 34.1 Å². The Hall–Kier alpha value is -1.57. The van der Waals surface area contributed by atoms with E-state index in [4.69, 9.17) is 0 Å². The zero-order chi connectivity index (χ0) is 32.5. The zero-order valence-electron chi connectivity index (χ0n) is 28.7. The number of fused-ring (bicyclic) bond motifs is 7. The molecule has 6 aliphatic rings. The zero-order valence-corrected chi connectivity index (χ0v) is 29.5. The largest absolute Gasteiger partial charge is 0.478 e. The molecule has 1 heterocycles. The lowest BCUT2D eigenvalue weighted by molar-refractivity contribution is -0.211. The molecular weight excluding hydrogens is 596 g/mol. The Bertz CT molecular complexity index is 1410. The van der Waals surface area contributed by atoms with Crippen molar-refractivity contribution >= 4 is 22.3 Å². The minimum Gasteiger partial charge on any atom is -0.478 e. The summed E-state index contributed by atoms with van der Waals surface area (Å²) in [7, 11) is -0.600. The van der Waals surface area contributed by atoms with Crippen molar-refractivity contribution in [3.63, 3.8) is 0 Å². The minimum atomic E-state index is -1.21. The molecule has 9 atom stereocenters. The third-order valence-corrected chi connectivity index (χ3v) is 16.8. The third kappa shape index (κ3) is 5.11. The topological polar surface area (TPSA) is 69.6 Å². The number of allylic oxidation sites excluding steroid dienone is 2. The SMILES string of the molecule is CC1C(c2ccc(C(=O)O)c(F)c2)=CCC2(C)C1CC[C@]1(C)C2CC[C@@H]2C3CCCC3(NCCCN3CCS(=O)CC3)CC[C@]21C. The van der Waals surface area contributed by atoms with Gasteiger partial charge in [0.05, 0.1) is 5.56 Å². The van der Waals surface area contributed by atoms with Crippen molar-refractivity contribution in [1.82, 2.24) is 10.2 Å². The van der Waals surface area contributed by atoms with Gasteiger partial charge in [-0.1, -0.05) is 46.3 Å². The van der Waals surface area contributed by atoms with Crippen molar-refractivity contribution in [2.24, 2.45) is 45.8 Å². The molecule has 6 unspecified atom stereocenters. The number of hydrogen-bond donors (Lipinski definition) is 2. The Kier molecular flexibility index (Phi) is 8.66. The molecule has 5 aliphatic carbocycles. The number of nitrogens with one attached hydrogen (secondary N) is 1. The van der Waals surface area contributed by atoms with Gasteiger partial charge in [0.2, 0.25) is 0 Å². The van der Waals surface area contributed by atoms with E-state index < -0.39 is 22.6 Å². The summed E-state index contributed by atoms with van der Waals surface area (Å²) in [5.74, 6) is 3.00. The summed E-state index contributed by atoms with van der Waals surface area (Å²) >= 11 is 0. The van der Waals surface area contributed by atoms with Crippen LogP contribution in [0, 0.1) is 51.7 Å². The molecular formula is C39H57FN2O3S. The standard InChI is InChI=1S/C39H57FN2O3S/c1-26-28(27-8-9-29(35(43)44)33(40)25-27)12-15-36(2)30(26)13-16-38(4)34(36)11-10-31-32-7-5-14-39(32,18-17-37(31,38)3)41-19-6-20-42-21-23-46(45)24-22-42/h8-9,12,25-26,30-32,34,41H,5-7,10-11,13-24H2,1-4H3,(H,43,44)/t26?,30?,31-,32?,34?,36?,37-,38-,39?/m1/s1. The summed E-state index contributed by atoms with van der Waals surface area (Å²) in [6, 6.07) is 4.71. The lowest BCUT2D eigenvalue weighted by Gasteiger charge is -2.71. The van der Waals surface area contributed by atoms with Crippen LogP contribution in [-0.4, -0.2) is 63.4 Å². The van der Waals surface area contributed by atoms with Gasteiger partial charge in [-0.25, -0.2) is 9.18 Å². The molecule has 1 aliphatic heterocycles. The van der Waals surface area contributed by atoms with Crippen LogP contribution in [0.5, 0.6) is 0 Å². The predicted octanol–water partition coefficient (Wildman–Crippen LogP) is 7.78. The minimum absolute atomic E-state index is 0.229. The van der Waals surface area contributed by atoms with Gasteiger partial charge >= 0.3 is 5.97 Å². The molecule has 0 bridgehead atoms. The quantitative estimate of drug-likeness (QED) is 0.295. The van der Waals surface area contributed by atoms with Crippen molar-refractivity contribution in [1.29, 1.82) is 0 Å². The second-order valence-corrected chi connectivity index (χ2v) is 18.7. The first-order valence-electron chi connectivity index (χ1n) is 18.5. The average Bonchev–Trinajstić information content (AvgIpc) is 3.44. The Labute approximate surface area is 279 Å². The number of benzene rings is 1. The maximum absolute atomic E-state index is 14.7. The van der Waals surface area contributed by atoms with Gasteiger partial charge in [-0.15, -0.1) is 0 Å². The fourth-order valence-corrected chi connectivity index (χ4v) is 14.0. The summed E-state index contributed by atoms with van der Waals surface area (Å²) in [5.41, 5.74) is 3.04. The highest BCUT2D eigenvalue weighted by molar-refractivity contribution is 7.85. The molecule has 0 amide bonds. The van der Waals surface area contributed by atoms with Gasteiger partial charge in [0, 0.05) is 40.9 Å². The lowest BCUT2D eigenvalue weighted by Crippen LogP contribution is -2.67. The molecule has 1 saturated heterocycles. The second kappa shape index (κ2) is 12.1. The number of aromatic carboxylic acids is 1. The van der Waals surface area contributed by atoms with Crippen LogP contribution in [0.3, 0.4) is 0 Å². The Balaban J connectivity index is 1.07. The van der Waals surface area contributed by atoms with Gasteiger partial charge in [-0.05, 0) is 146 Å². The number of nitrogens with zero attached hydrogens (tertiary/aromatic N) is 1. The number of hydrogen-bond acceptors (Lipinski definition) is 4. The molecule has 46 heavy (non-hydrogen) atoms. The second-order valence-electron chi connectivity index (χ2n) is 17.0. The van der Waals surface area contributed by atoms with Gasteiger partial charge in [0.15, 0.2) is 0 Å². The molecule has 2 N–H and O–H groups in total. The van der Waals surface area contributed by atoms with E-state index in [-0.39, 0.29) is 11.0 Å². The van der Waals surface area contributed by atoms with Crippen molar-refractivity contribution in [3.05, 3.63) is 41.2 Å². The number of carbonyl (C=O) groups is 1. The van der Waals surface area contributed by atoms with E-state index in [2.05, 4.69) is 44.0 Å². The van der Waals surface area contributed by atoms with Gasteiger partial charge in [-0.3, -0.25) is 4.21 Å². The first kappa shape index (κ1) is 33.0. The van der Waals surface area contributed by atoms with Crippen LogP contribution in [0.25, 0.3) is 5.57 Å². The molecule has 0 aromatic heterocycles. The summed E-state index contributed by atoms with van der Waals surface area (Å²) in [5, 5.41) is 13.6. The van der Waals surface area contributed by atoms with E-state index in [1.165, 1.54) is 81.9 Å². The average molecular weight is 653 g/mol. The molecule has 4 saturated carbocycles. The molecule has 1 aromatic rings. The highest BCUT2D eigenvalue weighted by Gasteiger charge is 2.68. The highest BCUT2D eigenvalue weighted by atomic mass is 32.2. The Morgan fingerprint density at radius 3 is 2.52 bits per heavy atom. The van der Waals surface area contributed by atoms with Crippen LogP contribution in [0.4, 0.5) is 4.39 Å². The van der Waals surface area contributed by atoms with Crippen LogP contribution < -0.4 is 5.32 Å². The number of carboxylic acid groups (broad SMARTS) is 1.